The van der Waals surface area contributed by atoms with Gasteiger partial charge in [0.05, 0.1) is 12.2 Å². The van der Waals surface area contributed by atoms with Crippen LogP contribution in [0.1, 0.15) is 38.5 Å². The summed E-state index contributed by atoms with van der Waals surface area (Å²) >= 11 is 0. The van der Waals surface area contributed by atoms with Crippen LogP contribution in [0.3, 0.4) is 0 Å². The van der Waals surface area contributed by atoms with Crippen LogP contribution in [-0.4, -0.2) is 12.0 Å². The van der Waals surface area contributed by atoms with Crippen LogP contribution < -0.4 is 5.32 Å². The van der Waals surface area contributed by atoms with Crippen LogP contribution in [0.4, 0.5) is 4.39 Å². The van der Waals surface area contributed by atoms with Crippen LogP contribution in [0, 0.1) is 0 Å². The summed E-state index contributed by atoms with van der Waals surface area (Å²) in [6.07, 6.45) is 1.55. The average Bonchev–Trinajstić information content (AvgIpc) is 2.50. The van der Waals surface area contributed by atoms with E-state index in [2.05, 4.69) is 10.3 Å². The van der Waals surface area contributed by atoms with Gasteiger partial charge in [-0.3, -0.25) is 0 Å². The number of nitrogens with one attached hydrogen (secondary N) is 1. The van der Waals surface area contributed by atoms with E-state index in [1.807, 2.05) is 14.0 Å². The molecule has 0 saturated carbocycles. The molecule has 1 atom stereocenters. The Balaban J connectivity index is 2.87. The normalized spacial score (nSPS) is 14.5. The summed E-state index contributed by atoms with van der Waals surface area (Å²) in [7, 11) is 1.81. The summed E-state index contributed by atoms with van der Waals surface area (Å²) in [5.74, 6) is 0.785. The Kier molecular flexibility index (Phi) is 2.71. The summed E-state index contributed by atoms with van der Waals surface area (Å²) < 4.78 is 18.6. The van der Waals surface area contributed by atoms with Crippen LogP contribution in [0.5, 0.6) is 0 Å². The zero-order valence-electron chi connectivity index (χ0n) is 8.39. The third-order valence-electron chi connectivity index (χ3n) is 1.89. The minimum atomic E-state index is -1.51. The minimum absolute atomic E-state index is 0.0589. The van der Waals surface area contributed by atoms with Gasteiger partial charge in [0.15, 0.2) is 5.67 Å². The highest BCUT2D eigenvalue weighted by Gasteiger charge is 2.25. The molecule has 0 aromatic carbocycles. The van der Waals surface area contributed by atoms with Crippen LogP contribution in [0.25, 0.3) is 0 Å². The van der Waals surface area contributed by atoms with Crippen molar-refractivity contribution in [3.63, 3.8) is 0 Å². The highest BCUT2D eigenvalue weighted by Crippen LogP contribution is 2.25. The van der Waals surface area contributed by atoms with Gasteiger partial charge in [-0.1, -0.05) is 0 Å². The Hall–Kier alpha value is -0.900. The highest BCUT2D eigenvalue weighted by atomic mass is 19.1. The van der Waals surface area contributed by atoms with Gasteiger partial charge < -0.3 is 9.73 Å². The second kappa shape index (κ2) is 3.46. The first-order valence-electron chi connectivity index (χ1n) is 4.27. The fourth-order valence-electron chi connectivity index (χ4n) is 0.904. The van der Waals surface area contributed by atoms with Crippen molar-refractivity contribution in [2.45, 2.75) is 32.5 Å². The average molecular weight is 186 g/mol. The molecule has 1 unspecified atom stereocenters. The van der Waals surface area contributed by atoms with Crippen LogP contribution in [-0.2, 0) is 5.67 Å². The van der Waals surface area contributed by atoms with Gasteiger partial charge in [0, 0.05) is 0 Å². The van der Waals surface area contributed by atoms with Gasteiger partial charge in [0.1, 0.15) is 5.76 Å². The van der Waals surface area contributed by atoms with E-state index in [-0.39, 0.29) is 11.9 Å². The molecule has 0 spiro atoms. The van der Waals surface area contributed by atoms with Gasteiger partial charge in [0.25, 0.3) is 0 Å². The summed E-state index contributed by atoms with van der Waals surface area (Å²) in [5, 5.41) is 2.99. The van der Waals surface area contributed by atoms with E-state index in [0.717, 1.165) is 0 Å². The lowest BCUT2D eigenvalue weighted by Crippen LogP contribution is -2.12. The summed E-state index contributed by atoms with van der Waals surface area (Å²) in [6, 6.07) is 0.0589. The second-order valence-corrected chi connectivity index (χ2v) is 3.55. The maximum absolute atomic E-state index is 13.3. The van der Waals surface area contributed by atoms with Gasteiger partial charge in [0.2, 0.25) is 5.89 Å². The molecule has 13 heavy (non-hydrogen) atoms. The van der Waals surface area contributed by atoms with Crippen molar-refractivity contribution in [2.24, 2.45) is 0 Å². The second-order valence-electron chi connectivity index (χ2n) is 3.55. The van der Waals surface area contributed by atoms with Crippen LogP contribution in [0.2, 0.25) is 0 Å². The first-order valence-corrected chi connectivity index (χ1v) is 4.27. The molecule has 74 valence electrons. The van der Waals surface area contributed by atoms with E-state index in [0.29, 0.717) is 5.76 Å². The van der Waals surface area contributed by atoms with Gasteiger partial charge in [-0.05, 0) is 27.8 Å². The largest absolute Gasteiger partial charge is 0.441 e. The Bertz CT molecular complexity index is 277. The molecule has 4 heteroatoms. The number of nitrogens with zero attached hydrogens (tertiary/aromatic N) is 1. The standard InChI is InChI=1S/C9H15FN2O/c1-6(11-4)7-5-12-8(13-7)9(2,3)10/h5-6,11H,1-4H3. The van der Waals surface area contributed by atoms with E-state index >= 15 is 0 Å². The molecule has 0 aliphatic rings. The maximum Gasteiger partial charge on any atom is 0.231 e. The molecular weight excluding hydrogens is 171 g/mol. The fourth-order valence-corrected chi connectivity index (χ4v) is 0.904. The Morgan fingerprint density at radius 3 is 2.62 bits per heavy atom. The van der Waals surface area contributed by atoms with Crippen molar-refractivity contribution in [2.75, 3.05) is 7.05 Å². The molecule has 1 rings (SSSR count). The Labute approximate surface area is 77.4 Å². The lowest BCUT2D eigenvalue weighted by atomic mass is 10.2. The smallest absolute Gasteiger partial charge is 0.231 e. The third-order valence-corrected chi connectivity index (χ3v) is 1.89. The Morgan fingerprint density at radius 2 is 2.23 bits per heavy atom. The number of aromatic nitrogens is 1. The van der Waals surface area contributed by atoms with Crippen LogP contribution >= 0.6 is 0 Å². The molecule has 0 fully saturated rings. The molecule has 0 aliphatic carbocycles. The number of hydrogen-bond acceptors (Lipinski definition) is 3. The maximum atomic E-state index is 13.3. The zero-order valence-corrected chi connectivity index (χ0v) is 8.39. The van der Waals surface area contributed by atoms with Crippen molar-refractivity contribution in [3.8, 4) is 0 Å². The SMILES string of the molecule is CNC(C)c1cnc(C(C)(C)F)o1. The highest BCUT2D eigenvalue weighted by molar-refractivity contribution is 5.03. The number of oxazole rings is 1. The van der Waals surface area contributed by atoms with Crippen molar-refractivity contribution < 1.29 is 8.81 Å². The molecule has 0 aliphatic heterocycles. The zero-order chi connectivity index (χ0) is 10.1. The van der Waals surface area contributed by atoms with Gasteiger partial charge in [-0.25, -0.2) is 9.37 Å². The van der Waals surface area contributed by atoms with Gasteiger partial charge in [-0.2, -0.15) is 0 Å². The number of hydrogen-bond donors (Lipinski definition) is 1. The quantitative estimate of drug-likeness (QED) is 0.786. The van der Waals surface area contributed by atoms with Crippen molar-refractivity contribution in [1.82, 2.24) is 10.3 Å². The predicted molar refractivity (Wildman–Crippen MR) is 48.1 cm³/mol. The third kappa shape index (κ3) is 2.28. The molecule has 0 saturated heterocycles. The molecule has 0 radical (unpaired) electrons. The van der Waals surface area contributed by atoms with E-state index in [1.165, 1.54) is 13.8 Å². The molecule has 0 bridgehead atoms. The minimum Gasteiger partial charge on any atom is -0.441 e. The molecule has 3 nitrogen and oxygen atoms in total. The number of rotatable bonds is 3. The van der Waals surface area contributed by atoms with E-state index in [9.17, 15) is 4.39 Å². The summed E-state index contributed by atoms with van der Waals surface area (Å²) in [6.45, 7) is 4.77. The van der Waals surface area contributed by atoms with Crippen molar-refractivity contribution in [1.29, 1.82) is 0 Å². The van der Waals surface area contributed by atoms with E-state index < -0.39 is 5.67 Å². The van der Waals surface area contributed by atoms with E-state index in [4.69, 9.17) is 4.42 Å². The van der Waals surface area contributed by atoms with Gasteiger partial charge >= 0.3 is 0 Å². The van der Waals surface area contributed by atoms with Crippen molar-refractivity contribution in [3.05, 3.63) is 17.8 Å². The molecule has 1 heterocycles. The fraction of sp³-hybridized carbons (Fsp3) is 0.667. The first-order chi connectivity index (χ1) is 5.95. The molecule has 1 N–H and O–H groups in total. The van der Waals surface area contributed by atoms with Crippen molar-refractivity contribution >= 4 is 0 Å². The summed E-state index contributed by atoms with van der Waals surface area (Å²) in [4.78, 5) is 3.87. The molecule has 1 aromatic rings. The number of alkyl halides is 1. The molecule has 0 amide bonds. The van der Waals surface area contributed by atoms with E-state index in [1.54, 1.807) is 6.20 Å². The lowest BCUT2D eigenvalue weighted by Gasteiger charge is -2.09. The Morgan fingerprint density at radius 1 is 1.62 bits per heavy atom. The monoisotopic (exact) mass is 186 g/mol. The topological polar surface area (TPSA) is 38.1 Å². The van der Waals surface area contributed by atoms with Gasteiger partial charge in [-0.15, -0.1) is 0 Å². The predicted octanol–water partition coefficient (Wildman–Crippen LogP) is 2.16. The molecular formula is C9H15FN2O. The lowest BCUT2D eigenvalue weighted by molar-refractivity contribution is 0.165. The first kappa shape index (κ1) is 10.2. The number of halogens is 1. The summed E-state index contributed by atoms with van der Waals surface area (Å²) in [5.41, 5.74) is -1.51. The molecule has 1 aromatic heterocycles. The van der Waals surface area contributed by atoms with Crippen LogP contribution in [0.15, 0.2) is 10.6 Å².